The molecule has 0 unspecified atom stereocenters. The number of alkyl halides is 3. The first-order valence-electron chi connectivity index (χ1n) is 9.34. The standard InChI is InChI=1S/C20H20F3N5O3/c1-10-2-3-12(19(31,9-29)20(21,22)23)6-14(10)15-8-26-17(25)16(28-15)18(30)27-13-4-11(5-13)7-24/h2-3,6,8,11,13,29,31H,4-5,9H2,1H3,(H2,25,26)(H,27,30)/t11?,13?,19-/m1/s1. The van der Waals surface area contributed by atoms with Crippen LogP contribution in [0.1, 0.15) is 34.5 Å². The van der Waals surface area contributed by atoms with Crippen molar-refractivity contribution in [3.05, 3.63) is 41.2 Å². The van der Waals surface area contributed by atoms with Gasteiger partial charge in [-0.3, -0.25) is 4.79 Å². The molecule has 1 amide bonds. The fourth-order valence-electron chi connectivity index (χ4n) is 3.29. The zero-order valence-electron chi connectivity index (χ0n) is 16.4. The van der Waals surface area contributed by atoms with Gasteiger partial charge in [0.05, 0.1) is 30.5 Å². The fourth-order valence-corrected chi connectivity index (χ4v) is 3.29. The number of halogens is 3. The van der Waals surface area contributed by atoms with E-state index in [0.29, 0.717) is 18.4 Å². The van der Waals surface area contributed by atoms with Crippen molar-refractivity contribution < 1.29 is 28.2 Å². The molecule has 164 valence electrons. The number of aliphatic hydroxyl groups is 2. The molecule has 1 aromatic heterocycles. The number of aryl methyl sites for hydroxylation is 1. The number of hydrogen-bond donors (Lipinski definition) is 4. The summed E-state index contributed by atoms with van der Waals surface area (Å²) >= 11 is 0. The van der Waals surface area contributed by atoms with E-state index in [1.165, 1.54) is 12.3 Å². The molecule has 11 heteroatoms. The molecule has 0 aliphatic heterocycles. The van der Waals surface area contributed by atoms with Crippen molar-refractivity contribution in [2.75, 3.05) is 12.3 Å². The minimum Gasteiger partial charge on any atom is -0.393 e. The number of nitrogen functional groups attached to an aromatic ring is 1. The maximum Gasteiger partial charge on any atom is 0.423 e. The molecule has 5 N–H and O–H groups in total. The number of aromatic nitrogens is 2. The maximum absolute atomic E-state index is 13.3. The zero-order valence-corrected chi connectivity index (χ0v) is 16.4. The van der Waals surface area contributed by atoms with Gasteiger partial charge in [-0.05, 0) is 37.0 Å². The first-order valence-corrected chi connectivity index (χ1v) is 9.34. The molecule has 1 aromatic carbocycles. The SMILES string of the molecule is Cc1ccc([C@](O)(CO)C(F)(F)F)cc1-c1cnc(N)c(C(=O)NC2CC(C#N)C2)n1. The van der Waals surface area contributed by atoms with Gasteiger partial charge >= 0.3 is 6.18 Å². The highest BCUT2D eigenvalue weighted by atomic mass is 19.4. The monoisotopic (exact) mass is 435 g/mol. The summed E-state index contributed by atoms with van der Waals surface area (Å²) in [6.45, 7) is 0.0457. The number of benzene rings is 1. The number of nitrogens with two attached hydrogens (primary N) is 1. The van der Waals surface area contributed by atoms with Crippen LogP contribution in [0.3, 0.4) is 0 Å². The van der Waals surface area contributed by atoms with Crippen LogP contribution in [0.25, 0.3) is 11.3 Å². The lowest BCUT2D eigenvalue weighted by Gasteiger charge is -2.31. The summed E-state index contributed by atoms with van der Waals surface area (Å²) in [4.78, 5) is 20.6. The Labute approximate surface area is 175 Å². The number of nitrogens with one attached hydrogen (secondary N) is 1. The first kappa shape index (κ1) is 22.5. The number of hydrogen-bond acceptors (Lipinski definition) is 7. The van der Waals surface area contributed by atoms with Gasteiger partial charge in [-0.2, -0.15) is 18.4 Å². The molecule has 0 bridgehead atoms. The van der Waals surface area contributed by atoms with E-state index in [-0.39, 0.29) is 34.7 Å². The second kappa shape index (κ2) is 8.13. The van der Waals surface area contributed by atoms with E-state index in [9.17, 15) is 28.2 Å². The van der Waals surface area contributed by atoms with Crippen LogP contribution in [-0.2, 0) is 5.60 Å². The minimum absolute atomic E-state index is 0.0738. The summed E-state index contributed by atoms with van der Waals surface area (Å²) < 4.78 is 40.0. The maximum atomic E-state index is 13.3. The lowest BCUT2D eigenvalue weighted by Crippen LogP contribution is -2.45. The molecular formula is C20H20F3N5O3. The van der Waals surface area contributed by atoms with Crippen molar-refractivity contribution in [3.63, 3.8) is 0 Å². The molecule has 8 nitrogen and oxygen atoms in total. The Morgan fingerprint density at radius 2 is 2.06 bits per heavy atom. The number of nitrogens with zero attached hydrogens (tertiary/aromatic N) is 3. The Morgan fingerprint density at radius 3 is 2.65 bits per heavy atom. The zero-order chi connectivity index (χ0) is 23.0. The second-order valence-corrected chi connectivity index (χ2v) is 7.50. The predicted octanol–water partition coefficient (Wildman–Crippen LogP) is 1.81. The second-order valence-electron chi connectivity index (χ2n) is 7.50. The van der Waals surface area contributed by atoms with Crippen LogP contribution in [0.2, 0.25) is 0 Å². The molecule has 1 saturated carbocycles. The summed E-state index contributed by atoms with van der Waals surface area (Å²) in [6, 6.07) is 5.35. The van der Waals surface area contributed by atoms with Gasteiger partial charge in [-0.1, -0.05) is 12.1 Å². The largest absolute Gasteiger partial charge is 0.423 e. The Kier molecular flexibility index (Phi) is 5.89. The summed E-state index contributed by atoms with van der Waals surface area (Å²) in [7, 11) is 0. The number of nitriles is 1. The number of carbonyl (C=O) groups is 1. The van der Waals surface area contributed by atoms with E-state index >= 15 is 0 Å². The molecule has 1 heterocycles. The van der Waals surface area contributed by atoms with E-state index in [1.807, 2.05) is 0 Å². The summed E-state index contributed by atoms with van der Waals surface area (Å²) in [5, 5.41) is 30.8. The quantitative estimate of drug-likeness (QED) is 0.560. The average molecular weight is 435 g/mol. The molecule has 1 aliphatic carbocycles. The lowest BCUT2D eigenvalue weighted by atomic mass is 9.81. The molecule has 0 radical (unpaired) electrons. The molecule has 1 atom stereocenters. The van der Waals surface area contributed by atoms with Crippen LogP contribution in [0.15, 0.2) is 24.4 Å². The molecular weight excluding hydrogens is 415 g/mol. The molecule has 3 rings (SSSR count). The van der Waals surface area contributed by atoms with Gasteiger partial charge in [0.1, 0.15) is 0 Å². The predicted molar refractivity (Wildman–Crippen MR) is 103 cm³/mol. The topological polar surface area (TPSA) is 145 Å². The van der Waals surface area contributed by atoms with Crippen LogP contribution in [0, 0.1) is 24.2 Å². The van der Waals surface area contributed by atoms with Crippen molar-refractivity contribution in [1.29, 1.82) is 5.26 Å². The van der Waals surface area contributed by atoms with Gasteiger partial charge in [0.2, 0.25) is 5.60 Å². The van der Waals surface area contributed by atoms with Gasteiger partial charge in [0.25, 0.3) is 5.91 Å². The van der Waals surface area contributed by atoms with Crippen molar-refractivity contribution in [3.8, 4) is 17.3 Å². The van der Waals surface area contributed by atoms with Crippen LogP contribution >= 0.6 is 0 Å². The molecule has 1 fully saturated rings. The third-order valence-electron chi connectivity index (χ3n) is 5.36. The van der Waals surface area contributed by atoms with E-state index in [4.69, 9.17) is 11.0 Å². The number of carbonyl (C=O) groups excluding carboxylic acids is 1. The van der Waals surface area contributed by atoms with Crippen LogP contribution < -0.4 is 11.1 Å². The molecule has 0 saturated heterocycles. The summed E-state index contributed by atoms with van der Waals surface area (Å²) in [6.07, 6.45) is -2.89. The van der Waals surface area contributed by atoms with Gasteiger partial charge in [0.15, 0.2) is 11.5 Å². The summed E-state index contributed by atoms with van der Waals surface area (Å²) in [5.41, 5.74) is 2.29. The van der Waals surface area contributed by atoms with Crippen LogP contribution in [0.5, 0.6) is 0 Å². The number of aliphatic hydroxyl groups excluding tert-OH is 1. The van der Waals surface area contributed by atoms with Crippen molar-refractivity contribution in [2.24, 2.45) is 5.92 Å². The Hall–Kier alpha value is -3.23. The van der Waals surface area contributed by atoms with Crippen molar-refractivity contribution in [2.45, 2.75) is 37.6 Å². The smallest absolute Gasteiger partial charge is 0.393 e. The van der Waals surface area contributed by atoms with Gasteiger partial charge in [0, 0.05) is 11.6 Å². The Balaban J connectivity index is 1.96. The number of anilines is 1. The fraction of sp³-hybridized carbons (Fsp3) is 0.400. The van der Waals surface area contributed by atoms with E-state index in [2.05, 4.69) is 21.4 Å². The highest BCUT2D eigenvalue weighted by Gasteiger charge is 2.54. The summed E-state index contributed by atoms with van der Waals surface area (Å²) in [5.74, 6) is -0.887. The molecule has 1 aliphatic rings. The van der Waals surface area contributed by atoms with Gasteiger partial charge < -0.3 is 21.3 Å². The molecule has 31 heavy (non-hydrogen) atoms. The molecule has 0 spiro atoms. The average Bonchev–Trinajstić information content (AvgIpc) is 2.69. The Bertz CT molecular complexity index is 1050. The Morgan fingerprint density at radius 1 is 1.39 bits per heavy atom. The minimum atomic E-state index is -5.11. The van der Waals surface area contributed by atoms with Crippen LogP contribution in [-0.4, -0.2) is 44.9 Å². The van der Waals surface area contributed by atoms with Crippen molar-refractivity contribution >= 4 is 11.7 Å². The van der Waals surface area contributed by atoms with E-state index in [0.717, 1.165) is 12.1 Å². The van der Waals surface area contributed by atoms with E-state index < -0.39 is 29.9 Å². The van der Waals surface area contributed by atoms with Crippen LogP contribution in [0.4, 0.5) is 19.0 Å². The lowest BCUT2D eigenvalue weighted by molar-refractivity contribution is -0.277. The number of amides is 1. The van der Waals surface area contributed by atoms with Gasteiger partial charge in [-0.15, -0.1) is 0 Å². The molecule has 2 aromatic rings. The third-order valence-corrected chi connectivity index (χ3v) is 5.36. The highest BCUT2D eigenvalue weighted by molar-refractivity contribution is 5.97. The highest BCUT2D eigenvalue weighted by Crippen LogP contribution is 2.40. The third kappa shape index (κ3) is 4.17. The first-order chi connectivity index (χ1) is 14.5. The van der Waals surface area contributed by atoms with Gasteiger partial charge in [-0.25, -0.2) is 9.97 Å². The number of rotatable bonds is 5. The van der Waals surface area contributed by atoms with E-state index in [1.54, 1.807) is 6.92 Å². The van der Waals surface area contributed by atoms with Crippen molar-refractivity contribution in [1.82, 2.24) is 15.3 Å². The normalized spacial score (nSPS) is 20.3.